The fourth-order valence-corrected chi connectivity index (χ4v) is 1.93. The van der Waals surface area contributed by atoms with Gasteiger partial charge in [-0.25, -0.2) is 0 Å². The molecular formula is C16H16O3. The van der Waals surface area contributed by atoms with Gasteiger partial charge in [-0.05, 0) is 47.4 Å². The van der Waals surface area contributed by atoms with Gasteiger partial charge in [0.25, 0.3) is 0 Å². The third-order valence-corrected chi connectivity index (χ3v) is 2.91. The Hall–Kier alpha value is -2.29. The molecule has 19 heavy (non-hydrogen) atoms. The van der Waals surface area contributed by atoms with Crippen LogP contribution in [-0.4, -0.2) is 11.1 Å². The van der Waals surface area contributed by atoms with Crippen LogP contribution in [0.1, 0.15) is 19.4 Å². The number of rotatable bonds is 3. The Morgan fingerprint density at radius 2 is 1.74 bits per heavy atom. The SMILES string of the molecule is CCc1cc(-c2ccc(OC(C)=O)cc2)ccc1O. The van der Waals surface area contributed by atoms with Crippen LogP contribution in [0.2, 0.25) is 0 Å². The maximum atomic E-state index is 10.8. The van der Waals surface area contributed by atoms with E-state index in [0.29, 0.717) is 11.5 Å². The Balaban J connectivity index is 2.29. The minimum Gasteiger partial charge on any atom is -0.508 e. The minimum atomic E-state index is -0.328. The molecule has 0 aliphatic heterocycles. The first-order valence-electron chi connectivity index (χ1n) is 6.21. The van der Waals surface area contributed by atoms with Gasteiger partial charge in [0, 0.05) is 6.92 Å². The summed E-state index contributed by atoms with van der Waals surface area (Å²) in [6.07, 6.45) is 0.783. The molecule has 0 aliphatic carbocycles. The number of hydrogen-bond donors (Lipinski definition) is 1. The Kier molecular flexibility index (Phi) is 3.85. The number of phenolic OH excluding ortho intramolecular Hbond substituents is 1. The van der Waals surface area contributed by atoms with E-state index in [0.717, 1.165) is 23.1 Å². The summed E-state index contributed by atoms with van der Waals surface area (Å²) in [7, 11) is 0. The van der Waals surface area contributed by atoms with Crippen LogP contribution in [-0.2, 0) is 11.2 Å². The number of carbonyl (C=O) groups is 1. The molecular weight excluding hydrogens is 240 g/mol. The number of carbonyl (C=O) groups excluding carboxylic acids is 1. The maximum Gasteiger partial charge on any atom is 0.308 e. The monoisotopic (exact) mass is 256 g/mol. The van der Waals surface area contributed by atoms with E-state index in [1.54, 1.807) is 18.2 Å². The largest absolute Gasteiger partial charge is 0.508 e. The molecule has 1 N–H and O–H groups in total. The molecule has 0 bridgehead atoms. The van der Waals surface area contributed by atoms with Crippen molar-refractivity contribution >= 4 is 5.97 Å². The average molecular weight is 256 g/mol. The van der Waals surface area contributed by atoms with Crippen LogP contribution in [0.15, 0.2) is 42.5 Å². The van der Waals surface area contributed by atoms with E-state index in [-0.39, 0.29) is 5.97 Å². The van der Waals surface area contributed by atoms with E-state index < -0.39 is 0 Å². The zero-order valence-corrected chi connectivity index (χ0v) is 11.0. The Morgan fingerprint density at radius 3 is 2.32 bits per heavy atom. The molecule has 3 nitrogen and oxygen atoms in total. The average Bonchev–Trinajstić information content (AvgIpc) is 2.40. The predicted molar refractivity (Wildman–Crippen MR) is 74.2 cm³/mol. The van der Waals surface area contributed by atoms with Crippen LogP contribution in [0.4, 0.5) is 0 Å². The number of phenols is 1. The van der Waals surface area contributed by atoms with Gasteiger partial charge in [-0.2, -0.15) is 0 Å². The number of esters is 1. The van der Waals surface area contributed by atoms with E-state index >= 15 is 0 Å². The molecule has 0 unspecified atom stereocenters. The van der Waals surface area contributed by atoms with Gasteiger partial charge >= 0.3 is 5.97 Å². The highest BCUT2D eigenvalue weighted by Crippen LogP contribution is 2.27. The van der Waals surface area contributed by atoms with Crippen molar-refractivity contribution in [3.8, 4) is 22.6 Å². The zero-order chi connectivity index (χ0) is 13.8. The van der Waals surface area contributed by atoms with E-state index in [1.807, 2.05) is 31.2 Å². The van der Waals surface area contributed by atoms with Gasteiger partial charge in [0.15, 0.2) is 0 Å². The molecule has 0 saturated carbocycles. The number of aryl methyl sites for hydroxylation is 1. The topological polar surface area (TPSA) is 46.5 Å². The number of aromatic hydroxyl groups is 1. The maximum absolute atomic E-state index is 10.8. The van der Waals surface area contributed by atoms with E-state index in [1.165, 1.54) is 6.92 Å². The highest BCUT2D eigenvalue weighted by atomic mass is 16.5. The quantitative estimate of drug-likeness (QED) is 0.674. The van der Waals surface area contributed by atoms with Gasteiger partial charge in [0.1, 0.15) is 11.5 Å². The second-order valence-corrected chi connectivity index (χ2v) is 4.32. The Morgan fingerprint density at radius 1 is 1.11 bits per heavy atom. The molecule has 0 heterocycles. The van der Waals surface area contributed by atoms with Crippen molar-refractivity contribution < 1.29 is 14.6 Å². The summed E-state index contributed by atoms with van der Waals surface area (Å²) in [6, 6.07) is 12.8. The van der Waals surface area contributed by atoms with Crippen LogP contribution >= 0.6 is 0 Å². The van der Waals surface area contributed by atoms with Gasteiger partial charge in [-0.1, -0.05) is 25.1 Å². The highest BCUT2D eigenvalue weighted by molar-refractivity contribution is 5.70. The smallest absolute Gasteiger partial charge is 0.308 e. The molecule has 0 radical (unpaired) electrons. The van der Waals surface area contributed by atoms with Crippen LogP contribution in [0, 0.1) is 0 Å². The zero-order valence-electron chi connectivity index (χ0n) is 11.0. The van der Waals surface area contributed by atoms with Crippen molar-refractivity contribution in [3.05, 3.63) is 48.0 Å². The van der Waals surface area contributed by atoms with Crippen molar-refractivity contribution in [1.29, 1.82) is 0 Å². The molecule has 0 aliphatic rings. The molecule has 2 aromatic rings. The Bertz CT molecular complexity index is 585. The van der Waals surface area contributed by atoms with Crippen LogP contribution in [0.3, 0.4) is 0 Å². The first-order chi connectivity index (χ1) is 9.10. The van der Waals surface area contributed by atoms with Crippen LogP contribution < -0.4 is 4.74 Å². The molecule has 0 fully saturated rings. The summed E-state index contributed by atoms with van der Waals surface area (Å²) < 4.78 is 4.99. The first kappa shape index (κ1) is 13.1. The number of hydrogen-bond acceptors (Lipinski definition) is 3. The normalized spacial score (nSPS) is 10.2. The second kappa shape index (κ2) is 5.57. The molecule has 0 spiro atoms. The third kappa shape index (κ3) is 3.13. The van der Waals surface area contributed by atoms with E-state index in [4.69, 9.17) is 4.74 Å². The summed E-state index contributed by atoms with van der Waals surface area (Å²) in [5, 5.41) is 9.67. The van der Waals surface area contributed by atoms with Crippen molar-refractivity contribution in [2.45, 2.75) is 20.3 Å². The van der Waals surface area contributed by atoms with Gasteiger partial charge in [-0.3, -0.25) is 4.79 Å². The van der Waals surface area contributed by atoms with Gasteiger partial charge in [-0.15, -0.1) is 0 Å². The molecule has 0 aromatic heterocycles. The summed E-state index contributed by atoms with van der Waals surface area (Å²) in [5.41, 5.74) is 2.97. The van der Waals surface area contributed by atoms with E-state index in [9.17, 15) is 9.90 Å². The van der Waals surface area contributed by atoms with Crippen molar-refractivity contribution in [1.82, 2.24) is 0 Å². The number of benzene rings is 2. The first-order valence-corrected chi connectivity index (χ1v) is 6.21. The second-order valence-electron chi connectivity index (χ2n) is 4.32. The van der Waals surface area contributed by atoms with Gasteiger partial charge < -0.3 is 9.84 Å². The minimum absolute atomic E-state index is 0.322. The molecule has 3 heteroatoms. The van der Waals surface area contributed by atoms with Crippen LogP contribution in [0.5, 0.6) is 11.5 Å². The number of ether oxygens (including phenoxy) is 1. The molecule has 2 rings (SSSR count). The Labute approximate surface area is 112 Å². The molecule has 0 amide bonds. The molecule has 0 atom stereocenters. The lowest BCUT2D eigenvalue weighted by atomic mass is 10.0. The lowest BCUT2D eigenvalue weighted by Gasteiger charge is -2.07. The van der Waals surface area contributed by atoms with Crippen molar-refractivity contribution in [2.75, 3.05) is 0 Å². The van der Waals surface area contributed by atoms with Gasteiger partial charge in [0.05, 0.1) is 0 Å². The van der Waals surface area contributed by atoms with Crippen LogP contribution in [0.25, 0.3) is 11.1 Å². The summed E-state index contributed by atoms with van der Waals surface area (Å²) in [4.78, 5) is 10.8. The molecule has 2 aromatic carbocycles. The lowest BCUT2D eigenvalue weighted by Crippen LogP contribution is -2.00. The highest BCUT2D eigenvalue weighted by Gasteiger charge is 2.04. The summed E-state index contributed by atoms with van der Waals surface area (Å²) >= 11 is 0. The predicted octanol–water partition coefficient (Wildman–Crippen LogP) is 3.55. The van der Waals surface area contributed by atoms with Crippen molar-refractivity contribution in [3.63, 3.8) is 0 Å². The van der Waals surface area contributed by atoms with E-state index in [2.05, 4.69) is 0 Å². The lowest BCUT2D eigenvalue weighted by molar-refractivity contribution is -0.131. The van der Waals surface area contributed by atoms with Gasteiger partial charge in [0.2, 0.25) is 0 Å². The third-order valence-electron chi connectivity index (χ3n) is 2.91. The summed E-state index contributed by atoms with van der Waals surface area (Å²) in [6.45, 7) is 3.38. The fourth-order valence-electron chi connectivity index (χ4n) is 1.93. The molecule has 0 saturated heterocycles. The molecule has 98 valence electrons. The summed E-state index contributed by atoms with van der Waals surface area (Å²) in [5.74, 6) is 0.527. The fraction of sp³-hybridized carbons (Fsp3) is 0.188. The van der Waals surface area contributed by atoms with Crippen molar-refractivity contribution in [2.24, 2.45) is 0 Å². The standard InChI is InChI=1S/C16H16O3/c1-3-12-10-14(6-9-16(12)18)13-4-7-15(8-5-13)19-11(2)17/h4-10,18H,3H2,1-2H3.